The summed E-state index contributed by atoms with van der Waals surface area (Å²) >= 11 is 0. The molecule has 4 aliphatic heterocycles. The van der Waals surface area contributed by atoms with Gasteiger partial charge in [0.2, 0.25) is 0 Å². The molecular formula is C42H44N6O. The molecule has 0 saturated heterocycles. The molecule has 1 aromatic heterocycles. The van der Waals surface area contributed by atoms with Gasteiger partial charge in [0.05, 0.1) is 5.69 Å². The third-order valence-electron chi connectivity index (χ3n) is 11.4. The maximum atomic E-state index is 6.82. The van der Waals surface area contributed by atoms with E-state index in [1.54, 1.807) is 0 Å². The Hall–Kier alpha value is -5.30. The molecule has 0 fully saturated rings. The van der Waals surface area contributed by atoms with Crippen LogP contribution >= 0.6 is 0 Å². The fourth-order valence-corrected chi connectivity index (χ4v) is 8.44. The van der Waals surface area contributed by atoms with Crippen LogP contribution in [0.15, 0.2) is 127 Å². The minimum absolute atomic E-state index is 0.0363. The third kappa shape index (κ3) is 4.78. The molecule has 4 unspecified atom stereocenters. The molecule has 248 valence electrons. The van der Waals surface area contributed by atoms with Crippen LogP contribution in [0.3, 0.4) is 0 Å². The lowest BCUT2D eigenvalue weighted by atomic mass is 9.82. The van der Waals surface area contributed by atoms with Gasteiger partial charge >= 0.3 is 0 Å². The molecule has 5 aromatic rings. The number of furan rings is 1. The molecule has 0 N–H and O–H groups in total. The summed E-state index contributed by atoms with van der Waals surface area (Å²) in [5.74, 6) is 0.0363. The zero-order valence-corrected chi connectivity index (χ0v) is 28.8. The number of benzene rings is 4. The number of hydrogen-bond donors (Lipinski definition) is 0. The van der Waals surface area contributed by atoms with Gasteiger partial charge in [-0.2, -0.15) is 0 Å². The Morgan fingerprint density at radius 2 is 1.22 bits per heavy atom. The van der Waals surface area contributed by atoms with E-state index in [0.717, 1.165) is 53.6 Å². The largest absolute Gasteiger partial charge is 0.454 e. The van der Waals surface area contributed by atoms with Gasteiger partial charge in [-0.1, -0.05) is 66.7 Å². The van der Waals surface area contributed by atoms with E-state index < -0.39 is 0 Å². The summed E-state index contributed by atoms with van der Waals surface area (Å²) in [5.41, 5.74) is 9.45. The fourth-order valence-electron chi connectivity index (χ4n) is 8.44. The van der Waals surface area contributed by atoms with Gasteiger partial charge < -0.3 is 33.8 Å². The minimum Gasteiger partial charge on any atom is -0.454 e. The molecule has 4 atom stereocenters. The smallest absolute Gasteiger partial charge is 0.159 e. The van der Waals surface area contributed by atoms with Crippen LogP contribution < -0.4 is 14.7 Å². The van der Waals surface area contributed by atoms with Crippen molar-refractivity contribution in [3.8, 4) is 0 Å². The lowest BCUT2D eigenvalue weighted by molar-refractivity contribution is 0.267. The van der Waals surface area contributed by atoms with Crippen LogP contribution in [0.5, 0.6) is 0 Å². The summed E-state index contributed by atoms with van der Waals surface area (Å²) in [5, 5.41) is 2.30. The number of anilines is 3. The van der Waals surface area contributed by atoms with Gasteiger partial charge in [0, 0.05) is 85.4 Å². The first kappa shape index (κ1) is 29.8. The summed E-state index contributed by atoms with van der Waals surface area (Å²) in [6.07, 6.45) is 16.0. The van der Waals surface area contributed by atoms with Crippen molar-refractivity contribution < 1.29 is 4.42 Å². The molecule has 4 aliphatic rings. The molecule has 7 nitrogen and oxygen atoms in total. The van der Waals surface area contributed by atoms with Gasteiger partial charge in [-0.25, -0.2) is 0 Å². The summed E-state index contributed by atoms with van der Waals surface area (Å²) in [4.78, 5) is 14.6. The molecule has 4 aromatic carbocycles. The van der Waals surface area contributed by atoms with Gasteiger partial charge in [-0.05, 0) is 68.5 Å². The second-order valence-corrected chi connectivity index (χ2v) is 13.9. The van der Waals surface area contributed by atoms with Gasteiger partial charge in [-0.3, -0.25) is 0 Å². The molecule has 5 heterocycles. The zero-order valence-electron chi connectivity index (χ0n) is 28.8. The van der Waals surface area contributed by atoms with E-state index in [9.17, 15) is 0 Å². The van der Waals surface area contributed by atoms with E-state index in [1.165, 1.54) is 28.1 Å². The van der Waals surface area contributed by atoms with Crippen molar-refractivity contribution in [1.82, 2.24) is 14.7 Å². The molecule has 0 aliphatic carbocycles. The summed E-state index contributed by atoms with van der Waals surface area (Å²) < 4.78 is 6.82. The highest BCUT2D eigenvalue weighted by atomic mass is 16.3. The van der Waals surface area contributed by atoms with Crippen molar-refractivity contribution in [2.45, 2.75) is 58.0 Å². The molecule has 9 rings (SSSR count). The molecule has 0 amide bonds. The summed E-state index contributed by atoms with van der Waals surface area (Å²) in [6.45, 7) is 8.95. The predicted molar refractivity (Wildman–Crippen MR) is 201 cm³/mol. The van der Waals surface area contributed by atoms with Crippen LogP contribution in [-0.2, 0) is 6.42 Å². The van der Waals surface area contributed by atoms with Crippen LogP contribution in [0.1, 0.15) is 49.8 Å². The fraction of sp³-hybridized carbons (Fsp3) is 0.286. The average molecular weight is 649 g/mol. The second kappa shape index (κ2) is 11.7. The molecule has 7 heteroatoms. The minimum atomic E-state index is 0.0363. The molecule has 49 heavy (non-hydrogen) atoms. The van der Waals surface area contributed by atoms with Crippen LogP contribution in [0.4, 0.5) is 17.1 Å². The van der Waals surface area contributed by atoms with E-state index >= 15 is 0 Å². The Morgan fingerprint density at radius 3 is 1.98 bits per heavy atom. The van der Waals surface area contributed by atoms with Crippen molar-refractivity contribution in [3.05, 3.63) is 139 Å². The first-order valence-electron chi connectivity index (χ1n) is 17.7. The summed E-state index contributed by atoms with van der Waals surface area (Å²) in [6, 6.07) is 31.2. The number of rotatable bonds is 2. The van der Waals surface area contributed by atoms with Crippen molar-refractivity contribution in [2.75, 3.05) is 34.8 Å². The standard InChI is InChI=1S/C42H44N6O/c1-29-43(4)22-25-48(29)41-35(18-19-36-34-14-7-10-17-40(34)49-42(36)41)37-28-32-12-5-8-15-38(32)46-26-23-44(30(46)2)20-11-21-45-24-27-47(31(45)3)39-16-9-6-13-33(37)39/h5-10,12-19,22-27,29-31,37H,11,20-21,28H2,1-4H3. The molecular weight excluding hydrogens is 605 g/mol. The third-order valence-corrected chi connectivity index (χ3v) is 11.4. The zero-order chi connectivity index (χ0) is 33.2. The second-order valence-electron chi connectivity index (χ2n) is 13.9. The number of para-hydroxylation sites is 3. The average Bonchev–Trinajstić information content (AvgIpc) is 3.88. The van der Waals surface area contributed by atoms with Gasteiger partial charge in [0.15, 0.2) is 5.58 Å². The predicted octanol–water partition coefficient (Wildman–Crippen LogP) is 8.81. The van der Waals surface area contributed by atoms with Crippen molar-refractivity contribution >= 4 is 39.0 Å². The quantitative estimate of drug-likeness (QED) is 0.189. The molecule has 4 bridgehead atoms. The SMILES string of the molecule is CC1N(C)C=CN1c1c(C2Cc3ccccc3N3C=CN(CCCN4C=CN(c5ccccc52)C4C)C3C)ccc2c1oc1ccccc12. The number of hydrogen-bond acceptors (Lipinski definition) is 7. The van der Waals surface area contributed by atoms with Crippen LogP contribution in [-0.4, -0.2) is 53.3 Å². The van der Waals surface area contributed by atoms with Gasteiger partial charge in [-0.15, -0.1) is 0 Å². The van der Waals surface area contributed by atoms with E-state index in [2.05, 4.69) is 179 Å². The highest BCUT2D eigenvalue weighted by Gasteiger charge is 2.34. The van der Waals surface area contributed by atoms with Crippen LogP contribution in [0.2, 0.25) is 0 Å². The number of nitrogens with zero attached hydrogens (tertiary/aromatic N) is 6. The van der Waals surface area contributed by atoms with E-state index in [-0.39, 0.29) is 24.4 Å². The van der Waals surface area contributed by atoms with Crippen molar-refractivity contribution in [2.24, 2.45) is 0 Å². The van der Waals surface area contributed by atoms with E-state index in [4.69, 9.17) is 4.42 Å². The maximum absolute atomic E-state index is 6.82. The lowest BCUT2D eigenvalue weighted by Gasteiger charge is -2.35. The Kier molecular flexibility index (Phi) is 7.11. The normalized spacial score (nSPS) is 23.5. The lowest BCUT2D eigenvalue weighted by Crippen LogP contribution is -2.39. The van der Waals surface area contributed by atoms with Crippen molar-refractivity contribution in [3.63, 3.8) is 0 Å². The highest BCUT2D eigenvalue weighted by molar-refractivity contribution is 6.10. The van der Waals surface area contributed by atoms with Gasteiger partial charge in [0.25, 0.3) is 0 Å². The van der Waals surface area contributed by atoms with E-state index in [1.807, 2.05) is 0 Å². The van der Waals surface area contributed by atoms with Gasteiger partial charge in [0.1, 0.15) is 24.1 Å². The topological polar surface area (TPSA) is 32.6 Å². The summed E-state index contributed by atoms with van der Waals surface area (Å²) in [7, 11) is 2.15. The van der Waals surface area contributed by atoms with Crippen molar-refractivity contribution in [1.29, 1.82) is 0 Å². The Morgan fingerprint density at radius 1 is 0.571 bits per heavy atom. The maximum Gasteiger partial charge on any atom is 0.159 e. The molecule has 0 radical (unpaired) electrons. The monoisotopic (exact) mass is 648 g/mol. The first-order chi connectivity index (χ1) is 24.0. The number of fused-ring (bicyclic) bond motifs is 11. The molecule has 0 spiro atoms. The Balaban J connectivity index is 1.30. The van der Waals surface area contributed by atoms with E-state index in [0.29, 0.717) is 0 Å². The first-order valence-corrected chi connectivity index (χ1v) is 17.7. The van der Waals surface area contributed by atoms with Crippen LogP contribution in [0.25, 0.3) is 21.9 Å². The Bertz CT molecular complexity index is 2130. The highest BCUT2D eigenvalue weighted by Crippen LogP contribution is 2.47. The Labute approximate surface area is 289 Å². The van der Waals surface area contributed by atoms with Crippen LogP contribution in [0, 0.1) is 0 Å². The molecule has 0 saturated carbocycles.